The first-order valence-electron chi connectivity index (χ1n) is 3.34. The number of hydrogen-bond acceptors (Lipinski definition) is 5. The molecule has 0 saturated carbocycles. The molecule has 1 rings (SSSR count). The summed E-state index contributed by atoms with van der Waals surface area (Å²) < 4.78 is 9.69. The van der Waals surface area contributed by atoms with Crippen LogP contribution in [0.4, 0.5) is 0 Å². The van der Waals surface area contributed by atoms with Gasteiger partial charge in [-0.3, -0.25) is 0 Å². The lowest BCUT2D eigenvalue weighted by molar-refractivity contribution is 0.137. The predicted molar refractivity (Wildman–Crippen MR) is 42.8 cm³/mol. The van der Waals surface area contributed by atoms with E-state index in [1.165, 1.54) is 0 Å². The van der Waals surface area contributed by atoms with Crippen molar-refractivity contribution < 1.29 is 24.5 Å². The Balaban J connectivity index is 0.000000354. The van der Waals surface area contributed by atoms with Crippen LogP contribution in [0.3, 0.4) is 0 Å². The second-order valence-electron chi connectivity index (χ2n) is 1.83. The summed E-state index contributed by atoms with van der Waals surface area (Å²) in [5.74, 6) is 0.781. The fraction of sp³-hybridized carbons (Fsp3) is 0.600. The Bertz CT molecular complexity index is 129. The van der Waals surface area contributed by atoms with E-state index in [1.54, 1.807) is 6.08 Å². The van der Waals surface area contributed by atoms with Crippen molar-refractivity contribution in [1.29, 1.82) is 0 Å². The van der Waals surface area contributed by atoms with E-state index in [-0.39, 0.29) is 7.69 Å². The fourth-order valence-electron chi connectivity index (χ4n) is 0.685. The largest absolute Gasteiger partial charge is 0.569 e. The molecule has 2 radical (unpaired) electrons. The minimum atomic E-state index is 0. The van der Waals surface area contributed by atoms with Crippen LogP contribution in [0.15, 0.2) is 11.8 Å². The molecule has 66 valence electrons. The third-order valence-corrected chi connectivity index (χ3v) is 1.13. The maximum absolute atomic E-state index is 8.19. The molecule has 0 fully saturated rings. The SMILES string of the molecule is O[B]O.O[B]OC1=CCOCC1. The summed E-state index contributed by atoms with van der Waals surface area (Å²) >= 11 is 0. The monoisotopic (exact) mass is 172 g/mol. The van der Waals surface area contributed by atoms with Crippen molar-refractivity contribution in [2.75, 3.05) is 13.2 Å². The molecule has 0 unspecified atom stereocenters. The van der Waals surface area contributed by atoms with Crippen LogP contribution >= 0.6 is 0 Å². The number of ether oxygens (including phenoxy) is 1. The van der Waals surface area contributed by atoms with Gasteiger partial charge in [0.25, 0.3) is 0 Å². The van der Waals surface area contributed by atoms with E-state index in [2.05, 4.69) is 0 Å². The third kappa shape index (κ3) is 6.23. The van der Waals surface area contributed by atoms with Crippen LogP contribution in [0.1, 0.15) is 6.42 Å². The molecular formula is C5H10B2O5. The molecule has 7 heteroatoms. The van der Waals surface area contributed by atoms with Crippen molar-refractivity contribution in [3.63, 3.8) is 0 Å². The van der Waals surface area contributed by atoms with E-state index >= 15 is 0 Å². The van der Waals surface area contributed by atoms with Crippen LogP contribution in [-0.2, 0) is 9.39 Å². The summed E-state index contributed by atoms with van der Waals surface area (Å²) in [6.45, 7) is 1.27. The summed E-state index contributed by atoms with van der Waals surface area (Å²) in [6, 6.07) is 0. The van der Waals surface area contributed by atoms with E-state index in [0.717, 1.165) is 12.2 Å². The fourth-order valence-corrected chi connectivity index (χ4v) is 0.685. The Morgan fingerprint density at radius 2 is 2.08 bits per heavy atom. The molecule has 0 amide bonds. The van der Waals surface area contributed by atoms with Crippen molar-refractivity contribution in [3.8, 4) is 0 Å². The Hall–Kier alpha value is -0.490. The third-order valence-electron chi connectivity index (χ3n) is 1.13. The zero-order valence-corrected chi connectivity index (χ0v) is 6.51. The minimum absolute atomic E-state index is 0. The van der Waals surface area contributed by atoms with Gasteiger partial charge in [0.15, 0.2) is 0 Å². The van der Waals surface area contributed by atoms with Crippen molar-refractivity contribution in [1.82, 2.24) is 0 Å². The molecule has 1 aliphatic rings. The van der Waals surface area contributed by atoms with Crippen LogP contribution in [0.5, 0.6) is 0 Å². The summed E-state index contributed by atoms with van der Waals surface area (Å²) in [4.78, 5) is 0. The molecule has 12 heavy (non-hydrogen) atoms. The molecule has 0 spiro atoms. The van der Waals surface area contributed by atoms with E-state index < -0.39 is 0 Å². The van der Waals surface area contributed by atoms with Gasteiger partial charge in [0.1, 0.15) is 0 Å². The zero-order chi connectivity index (χ0) is 9.23. The highest BCUT2D eigenvalue weighted by Crippen LogP contribution is 2.06. The average molecular weight is 172 g/mol. The van der Waals surface area contributed by atoms with Gasteiger partial charge >= 0.3 is 15.4 Å². The van der Waals surface area contributed by atoms with Gasteiger partial charge in [-0.15, -0.1) is 0 Å². The molecule has 3 N–H and O–H groups in total. The minimum Gasteiger partial charge on any atom is -0.541 e. The Morgan fingerprint density at radius 1 is 1.42 bits per heavy atom. The molecule has 0 aromatic carbocycles. The second-order valence-corrected chi connectivity index (χ2v) is 1.83. The van der Waals surface area contributed by atoms with Gasteiger partial charge in [-0.25, -0.2) is 0 Å². The van der Waals surface area contributed by atoms with Crippen molar-refractivity contribution in [2.24, 2.45) is 0 Å². The lowest BCUT2D eigenvalue weighted by Crippen LogP contribution is -2.08. The molecule has 0 bridgehead atoms. The second kappa shape index (κ2) is 8.61. The highest BCUT2D eigenvalue weighted by Gasteiger charge is 2.03. The van der Waals surface area contributed by atoms with Crippen molar-refractivity contribution in [3.05, 3.63) is 11.8 Å². The molecule has 1 heterocycles. The van der Waals surface area contributed by atoms with E-state index in [0.29, 0.717) is 20.9 Å². The molecule has 0 aromatic rings. The van der Waals surface area contributed by atoms with Gasteiger partial charge in [-0.05, 0) is 6.08 Å². The first-order valence-corrected chi connectivity index (χ1v) is 3.34. The number of hydrogen-bond donors (Lipinski definition) is 3. The first-order chi connectivity index (χ1) is 5.85. The normalized spacial score (nSPS) is 15.1. The quantitative estimate of drug-likeness (QED) is 0.434. The van der Waals surface area contributed by atoms with Gasteiger partial charge in [-0.2, -0.15) is 0 Å². The first kappa shape index (κ1) is 11.5. The summed E-state index contributed by atoms with van der Waals surface area (Å²) in [5.41, 5.74) is 0. The maximum atomic E-state index is 8.19. The van der Waals surface area contributed by atoms with Crippen molar-refractivity contribution in [2.45, 2.75) is 6.42 Å². The summed E-state index contributed by atoms with van der Waals surface area (Å²) in [7, 11) is 0.692. The van der Waals surface area contributed by atoms with Crippen LogP contribution in [0.2, 0.25) is 0 Å². The Labute approximate surface area is 72.2 Å². The standard InChI is InChI=1S/C5H8BO3.BH2O2/c7-6-9-5-1-3-8-4-2-5;2-1-3/h1,7H,2-4H2;2-3H. The molecule has 0 atom stereocenters. The lowest BCUT2D eigenvalue weighted by atomic mass is 10.3. The number of rotatable bonds is 2. The Morgan fingerprint density at radius 3 is 2.50 bits per heavy atom. The molecule has 1 aliphatic heterocycles. The molecule has 0 saturated heterocycles. The van der Waals surface area contributed by atoms with Crippen LogP contribution < -0.4 is 0 Å². The molecular weight excluding hydrogens is 162 g/mol. The zero-order valence-electron chi connectivity index (χ0n) is 6.51. The summed E-state index contributed by atoms with van der Waals surface area (Å²) in [5, 5.41) is 22.2. The van der Waals surface area contributed by atoms with E-state index in [9.17, 15) is 0 Å². The maximum Gasteiger partial charge on any atom is 0.569 e. The van der Waals surface area contributed by atoms with Gasteiger partial charge in [0, 0.05) is 6.42 Å². The van der Waals surface area contributed by atoms with Gasteiger partial charge in [0.2, 0.25) is 0 Å². The average Bonchev–Trinajstić information content (AvgIpc) is 2.08. The van der Waals surface area contributed by atoms with Gasteiger partial charge in [0.05, 0.1) is 19.0 Å². The predicted octanol–water partition coefficient (Wildman–Crippen LogP) is -1.66. The molecule has 5 nitrogen and oxygen atoms in total. The smallest absolute Gasteiger partial charge is 0.541 e. The lowest BCUT2D eigenvalue weighted by Gasteiger charge is -2.12. The molecule has 0 aliphatic carbocycles. The topological polar surface area (TPSA) is 79.2 Å². The molecule has 0 aromatic heterocycles. The highest BCUT2D eigenvalue weighted by molar-refractivity contribution is 6.16. The van der Waals surface area contributed by atoms with Gasteiger partial charge in [-0.1, -0.05) is 0 Å². The van der Waals surface area contributed by atoms with Crippen LogP contribution in [-0.4, -0.2) is 43.7 Å². The highest BCUT2D eigenvalue weighted by atomic mass is 16.5. The van der Waals surface area contributed by atoms with Gasteiger partial charge < -0.3 is 24.5 Å². The van der Waals surface area contributed by atoms with Crippen LogP contribution in [0, 0.1) is 0 Å². The Kier molecular flexibility index (Phi) is 8.25. The van der Waals surface area contributed by atoms with Crippen LogP contribution in [0.25, 0.3) is 0 Å². The van der Waals surface area contributed by atoms with E-state index in [4.69, 9.17) is 24.5 Å². The van der Waals surface area contributed by atoms with E-state index in [1.807, 2.05) is 0 Å². The van der Waals surface area contributed by atoms with Crippen molar-refractivity contribution >= 4 is 15.4 Å². The summed E-state index contributed by atoms with van der Waals surface area (Å²) in [6.07, 6.45) is 2.55.